The summed E-state index contributed by atoms with van der Waals surface area (Å²) in [5.41, 5.74) is 3.31. The van der Waals surface area contributed by atoms with Crippen LogP contribution in [0.3, 0.4) is 0 Å². The number of benzene rings is 2. The van der Waals surface area contributed by atoms with Crippen LogP contribution in [0.4, 0.5) is 15.8 Å². The van der Waals surface area contributed by atoms with Crippen molar-refractivity contribution in [2.75, 3.05) is 23.3 Å². The van der Waals surface area contributed by atoms with Gasteiger partial charge in [0.15, 0.2) is 0 Å². The summed E-state index contributed by atoms with van der Waals surface area (Å²) >= 11 is 0. The number of fused-ring (bicyclic) bond motifs is 1. The standard InChI is InChI=1S/C20H18FN3O/c21-15-6-4-14(5-7-15)20(25)23-16-8-9-18-17(12-16)19(13-22-18)24-10-2-1-3-11-24/h1-2,4-9,12-13,22H,3,10-11H2,(H,23,25). The molecule has 0 atom stereocenters. The van der Waals surface area contributed by atoms with Crippen LogP contribution in [0.1, 0.15) is 16.8 Å². The number of hydrogen-bond donors (Lipinski definition) is 2. The smallest absolute Gasteiger partial charge is 0.255 e. The molecule has 0 saturated carbocycles. The van der Waals surface area contributed by atoms with E-state index in [0.29, 0.717) is 5.56 Å². The van der Waals surface area contributed by atoms with Gasteiger partial charge in [-0.05, 0) is 48.9 Å². The third-order valence-electron chi connectivity index (χ3n) is 4.42. The summed E-state index contributed by atoms with van der Waals surface area (Å²) in [4.78, 5) is 17.9. The minimum atomic E-state index is -0.356. The summed E-state index contributed by atoms with van der Waals surface area (Å²) in [5, 5.41) is 3.96. The first-order valence-electron chi connectivity index (χ1n) is 8.29. The summed E-state index contributed by atoms with van der Waals surface area (Å²) in [6.07, 6.45) is 7.41. The predicted octanol–water partition coefficient (Wildman–Crippen LogP) is 4.33. The topological polar surface area (TPSA) is 48.1 Å². The number of carbonyl (C=O) groups is 1. The minimum Gasteiger partial charge on any atom is -0.366 e. The number of nitrogens with one attached hydrogen (secondary N) is 2. The second-order valence-corrected chi connectivity index (χ2v) is 6.10. The second kappa shape index (κ2) is 6.43. The predicted molar refractivity (Wildman–Crippen MR) is 98.6 cm³/mol. The summed E-state index contributed by atoms with van der Waals surface area (Å²) in [7, 11) is 0. The summed E-state index contributed by atoms with van der Waals surface area (Å²) in [5.74, 6) is -0.608. The molecule has 0 unspecified atom stereocenters. The van der Waals surface area contributed by atoms with E-state index < -0.39 is 0 Å². The maximum Gasteiger partial charge on any atom is 0.255 e. The molecule has 1 amide bonds. The Bertz CT molecular complexity index is 943. The van der Waals surface area contributed by atoms with E-state index in [1.165, 1.54) is 24.3 Å². The first-order valence-corrected chi connectivity index (χ1v) is 8.29. The third kappa shape index (κ3) is 3.13. The Morgan fingerprint density at radius 2 is 1.96 bits per heavy atom. The van der Waals surface area contributed by atoms with Gasteiger partial charge in [0.1, 0.15) is 5.82 Å². The molecule has 1 aliphatic rings. The quantitative estimate of drug-likeness (QED) is 0.700. The molecule has 2 heterocycles. The number of H-pyrrole nitrogens is 1. The van der Waals surface area contributed by atoms with E-state index in [-0.39, 0.29) is 11.7 Å². The third-order valence-corrected chi connectivity index (χ3v) is 4.42. The molecule has 1 aromatic heterocycles. The molecule has 25 heavy (non-hydrogen) atoms. The van der Waals surface area contributed by atoms with Crippen molar-refractivity contribution in [2.45, 2.75) is 6.42 Å². The molecule has 1 aliphatic heterocycles. The maximum atomic E-state index is 13.0. The number of aromatic nitrogens is 1. The molecule has 5 heteroatoms. The molecule has 2 N–H and O–H groups in total. The minimum absolute atomic E-state index is 0.252. The summed E-state index contributed by atoms with van der Waals surface area (Å²) in [6.45, 7) is 1.87. The van der Waals surface area contributed by atoms with E-state index in [1.807, 2.05) is 24.4 Å². The van der Waals surface area contributed by atoms with E-state index in [2.05, 4.69) is 27.4 Å². The number of nitrogens with zero attached hydrogens (tertiary/aromatic N) is 1. The Balaban J connectivity index is 1.61. The lowest BCUT2D eigenvalue weighted by atomic mass is 10.1. The second-order valence-electron chi connectivity index (χ2n) is 6.10. The fourth-order valence-corrected chi connectivity index (χ4v) is 3.11. The van der Waals surface area contributed by atoms with E-state index in [0.717, 1.165) is 41.8 Å². The van der Waals surface area contributed by atoms with E-state index in [9.17, 15) is 9.18 Å². The van der Waals surface area contributed by atoms with Crippen LogP contribution >= 0.6 is 0 Å². The highest BCUT2D eigenvalue weighted by Gasteiger charge is 2.14. The molecule has 0 spiro atoms. The van der Waals surface area contributed by atoms with E-state index in [1.54, 1.807) is 0 Å². The zero-order valence-electron chi connectivity index (χ0n) is 13.6. The molecule has 4 rings (SSSR count). The number of aromatic amines is 1. The molecular weight excluding hydrogens is 317 g/mol. The Morgan fingerprint density at radius 3 is 2.72 bits per heavy atom. The monoisotopic (exact) mass is 335 g/mol. The lowest BCUT2D eigenvalue weighted by Crippen LogP contribution is -2.26. The largest absolute Gasteiger partial charge is 0.366 e. The molecule has 2 aromatic carbocycles. The zero-order valence-corrected chi connectivity index (χ0v) is 13.6. The average Bonchev–Trinajstić information content (AvgIpc) is 3.06. The van der Waals surface area contributed by atoms with Gasteiger partial charge in [0.25, 0.3) is 5.91 Å². The van der Waals surface area contributed by atoms with Crippen molar-refractivity contribution in [3.63, 3.8) is 0 Å². The SMILES string of the molecule is O=C(Nc1ccc2[nH]cc(N3CC=CCC3)c2c1)c1ccc(F)cc1. The maximum absolute atomic E-state index is 13.0. The molecule has 3 aromatic rings. The molecule has 0 bridgehead atoms. The van der Waals surface area contributed by atoms with Crippen molar-refractivity contribution in [3.05, 3.63) is 72.2 Å². The Kier molecular flexibility index (Phi) is 3.98. The van der Waals surface area contributed by atoms with Gasteiger partial charge in [-0.2, -0.15) is 0 Å². The van der Waals surface area contributed by atoms with Crippen molar-refractivity contribution in [1.82, 2.24) is 4.98 Å². The van der Waals surface area contributed by atoms with Crippen LogP contribution in [0.15, 0.2) is 60.8 Å². The molecule has 0 saturated heterocycles. The van der Waals surface area contributed by atoms with Gasteiger partial charge in [0.05, 0.1) is 5.69 Å². The Morgan fingerprint density at radius 1 is 1.12 bits per heavy atom. The fraction of sp³-hybridized carbons (Fsp3) is 0.150. The van der Waals surface area contributed by atoms with Gasteiger partial charge >= 0.3 is 0 Å². The fourth-order valence-electron chi connectivity index (χ4n) is 3.11. The van der Waals surface area contributed by atoms with Crippen LogP contribution in [0.25, 0.3) is 10.9 Å². The van der Waals surface area contributed by atoms with Gasteiger partial charge in [0.2, 0.25) is 0 Å². The van der Waals surface area contributed by atoms with Crippen LogP contribution in [0.5, 0.6) is 0 Å². The molecule has 0 aliphatic carbocycles. The molecule has 4 nitrogen and oxygen atoms in total. The van der Waals surface area contributed by atoms with Crippen LogP contribution < -0.4 is 10.2 Å². The van der Waals surface area contributed by atoms with Crippen LogP contribution in [-0.2, 0) is 0 Å². The molecule has 0 radical (unpaired) electrons. The van der Waals surface area contributed by atoms with Crippen molar-refractivity contribution in [3.8, 4) is 0 Å². The Hall–Kier alpha value is -3.08. The van der Waals surface area contributed by atoms with E-state index >= 15 is 0 Å². The number of carbonyl (C=O) groups excluding carboxylic acids is 1. The van der Waals surface area contributed by atoms with E-state index in [4.69, 9.17) is 0 Å². The van der Waals surface area contributed by atoms with Gasteiger partial charge in [-0.25, -0.2) is 4.39 Å². The van der Waals surface area contributed by atoms with Crippen molar-refractivity contribution < 1.29 is 9.18 Å². The molecule has 0 fully saturated rings. The lowest BCUT2D eigenvalue weighted by molar-refractivity contribution is 0.102. The number of amides is 1. The van der Waals surface area contributed by atoms with Gasteiger partial charge in [-0.1, -0.05) is 12.2 Å². The van der Waals surface area contributed by atoms with Gasteiger partial charge < -0.3 is 15.2 Å². The molecule has 126 valence electrons. The van der Waals surface area contributed by atoms with Crippen molar-refractivity contribution in [1.29, 1.82) is 0 Å². The van der Waals surface area contributed by atoms with Gasteiger partial charge in [-0.3, -0.25) is 4.79 Å². The summed E-state index contributed by atoms with van der Waals surface area (Å²) in [6, 6.07) is 11.3. The highest BCUT2D eigenvalue weighted by molar-refractivity contribution is 6.06. The first kappa shape index (κ1) is 15.4. The van der Waals surface area contributed by atoms with Crippen molar-refractivity contribution in [2.24, 2.45) is 0 Å². The Labute approximate surface area is 145 Å². The number of rotatable bonds is 3. The average molecular weight is 335 g/mol. The van der Waals surface area contributed by atoms with Gasteiger partial charge in [0, 0.05) is 41.4 Å². The number of halogens is 1. The van der Waals surface area contributed by atoms with Crippen LogP contribution in [-0.4, -0.2) is 24.0 Å². The van der Waals surface area contributed by atoms with Crippen LogP contribution in [0.2, 0.25) is 0 Å². The lowest BCUT2D eigenvalue weighted by Gasteiger charge is -2.24. The van der Waals surface area contributed by atoms with Gasteiger partial charge in [-0.15, -0.1) is 0 Å². The summed E-state index contributed by atoms with van der Waals surface area (Å²) < 4.78 is 13.0. The number of anilines is 2. The first-order chi connectivity index (χ1) is 12.2. The van der Waals surface area contributed by atoms with Crippen LogP contribution in [0, 0.1) is 5.82 Å². The highest BCUT2D eigenvalue weighted by Crippen LogP contribution is 2.30. The molecular formula is C20H18FN3O. The normalized spacial score (nSPS) is 14.0. The number of hydrogen-bond acceptors (Lipinski definition) is 2. The van der Waals surface area contributed by atoms with Crippen molar-refractivity contribution >= 4 is 28.2 Å². The zero-order chi connectivity index (χ0) is 17.2. The highest BCUT2D eigenvalue weighted by atomic mass is 19.1.